The Morgan fingerprint density at radius 3 is 2.38 bits per heavy atom. The summed E-state index contributed by atoms with van der Waals surface area (Å²) in [5, 5.41) is 3.42. The summed E-state index contributed by atoms with van der Waals surface area (Å²) in [6.07, 6.45) is 3.36. The molecule has 3 rings (SSSR count). The number of hydrogen-bond donors (Lipinski definition) is 2. The fraction of sp³-hybridized carbons (Fsp3) is 0.529. The van der Waals surface area contributed by atoms with Crippen molar-refractivity contribution in [3.05, 3.63) is 29.8 Å². The molecule has 2 aliphatic heterocycles. The van der Waals surface area contributed by atoms with Crippen molar-refractivity contribution >= 4 is 24.2 Å². The summed E-state index contributed by atoms with van der Waals surface area (Å²) in [6.45, 7) is 3.83. The number of nitrogens with two attached hydrogens (primary N) is 1. The van der Waals surface area contributed by atoms with E-state index in [0.29, 0.717) is 16.7 Å². The summed E-state index contributed by atoms with van der Waals surface area (Å²) < 4.78 is 5.52. The zero-order valence-corrected chi connectivity index (χ0v) is 14.4. The number of likely N-dealkylation sites (tertiary alicyclic amines) is 1. The second kappa shape index (κ2) is 7.85. The number of hydrogen-bond acceptors (Lipinski definition) is 4. The highest BCUT2D eigenvalue weighted by Crippen LogP contribution is 2.36. The van der Waals surface area contributed by atoms with Gasteiger partial charge in [0.15, 0.2) is 6.61 Å². The van der Waals surface area contributed by atoms with Gasteiger partial charge in [0.05, 0.1) is 0 Å². The SMILES string of the molecule is Cl.NC(=O)c1ccc(OCC(=O)N2CCC3(CCNC3)CC2)cc1. The van der Waals surface area contributed by atoms with Crippen molar-refractivity contribution in [2.45, 2.75) is 19.3 Å². The molecule has 0 saturated carbocycles. The van der Waals surface area contributed by atoms with E-state index in [9.17, 15) is 9.59 Å². The third kappa shape index (κ3) is 4.19. The predicted molar refractivity (Wildman–Crippen MR) is 93.4 cm³/mol. The molecule has 3 N–H and O–H groups in total. The highest BCUT2D eigenvalue weighted by Gasteiger charge is 2.37. The normalized spacial score (nSPS) is 18.9. The summed E-state index contributed by atoms with van der Waals surface area (Å²) in [6, 6.07) is 6.51. The monoisotopic (exact) mass is 353 g/mol. The van der Waals surface area contributed by atoms with E-state index in [1.807, 2.05) is 4.90 Å². The molecule has 2 amide bonds. The van der Waals surface area contributed by atoms with Crippen molar-refractivity contribution in [1.29, 1.82) is 0 Å². The minimum atomic E-state index is -0.476. The van der Waals surface area contributed by atoms with E-state index in [0.717, 1.165) is 39.0 Å². The van der Waals surface area contributed by atoms with Gasteiger partial charge in [-0.25, -0.2) is 0 Å². The number of benzene rings is 1. The Morgan fingerprint density at radius 1 is 1.17 bits per heavy atom. The number of halogens is 1. The van der Waals surface area contributed by atoms with Crippen molar-refractivity contribution in [2.75, 3.05) is 32.8 Å². The summed E-state index contributed by atoms with van der Waals surface area (Å²) in [7, 11) is 0. The molecular weight excluding hydrogens is 330 g/mol. The number of nitrogens with zero attached hydrogens (tertiary/aromatic N) is 1. The molecule has 1 aromatic rings. The topological polar surface area (TPSA) is 84.7 Å². The maximum absolute atomic E-state index is 12.3. The van der Waals surface area contributed by atoms with E-state index in [4.69, 9.17) is 10.5 Å². The number of piperidine rings is 1. The van der Waals surface area contributed by atoms with Crippen molar-refractivity contribution in [1.82, 2.24) is 10.2 Å². The highest BCUT2D eigenvalue weighted by atomic mass is 35.5. The summed E-state index contributed by atoms with van der Waals surface area (Å²) in [5.41, 5.74) is 6.02. The fourth-order valence-corrected chi connectivity index (χ4v) is 3.40. The molecule has 2 saturated heterocycles. The van der Waals surface area contributed by atoms with Gasteiger partial charge in [-0.3, -0.25) is 9.59 Å². The van der Waals surface area contributed by atoms with Crippen molar-refractivity contribution in [3.63, 3.8) is 0 Å². The van der Waals surface area contributed by atoms with Gasteiger partial charge in [-0.05, 0) is 55.5 Å². The number of carbonyl (C=O) groups is 2. The lowest BCUT2D eigenvalue weighted by Gasteiger charge is -2.38. The van der Waals surface area contributed by atoms with Gasteiger partial charge in [0.1, 0.15) is 5.75 Å². The lowest BCUT2D eigenvalue weighted by atomic mass is 9.78. The van der Waals surface area contributed by atoms with Crippen LogP contribution in [0.15, 0.2) is 24.3 Å². The molecule has 0 aromatic heterocycles. The largest absolute Gasteiger partial charge is 0.484 e. The van der Waals surface area contributed by atoms with Gasteiger partial charge in [-0.1, -0.05) is 0 Å². The summed E-state index contributed by atoms with van der Waals surface area (Å²) in [4.78, 5) is 25.2. The van der Waals surface area contributed by atoms with Gasteiger partial charge < -0.3 is 20.7 Å². The zero-order valence-electron chi connectivity index (χ0n) is 13.6. The maximum atomic E-state index is 12.3. The Hall–Kier alpha value is -1.79. The number of carbonyl (C=O) groups excluding carboxylic acids is 2. The van der Waals surface area contributed by atoms with Crippen LogP contribution >= 0.6 is 12.4 Å². The number of nitrogens with one attached hydrogen (secondary N) is 1. The maximum Gasteiger partial charge on any atom is 0.260 e. The standard InChI is InChI=1S/C17H23N3O3.ClH/c18-16(22)13-1-3-14(4-2-13)23-11-15(21)20-9-6-17(7-10-20)5-8-19-12-17;/h1-4,19H,5-12H2,(H2,18,22);1H. The van der Waals surface area contributed by atoms with Gasteiger partial charge in [-0.15, -0.1) is 12.4 Å². The van der Waals surface area contributed by atoms with Gasteiger partial charge in [-0.2, -0.15) is 0 Å². The lowest BCUT2D eigenvalue weighted by molar-refractivity contribution is -0.135. The van der Waals surface area contributed by atoms with Crippen molar-refractivity contribution in [3.8, 4) is 5.75 Å². The number of primary amides is 1. The van der Waals surface area contributed by atoms with Crippen LogP contribution in [0.3, 0.4) is 0 Å². The molecule has 1 spiro atoms. The smallest absolute Gasteiger partial charge is 0.260 e. The Morgan fingerprint density at radius 2 is 1.83 bits per heavy atom. The Labute approximate surface area is 148 Å². The Bertz CT molecular complexity index is 575. The number of ether oxygens (including phenoxy) is 1. The van der Waals surface area contributed by atoms with E-state index < -0.39 is 5.91 Å². The Kier molecular flexibility index (Phi) is 6.07. The van der Waals surface area contributed by atoms with Crippen molar-refractivity contribution < 1.29 is 14.3 Å². The van der Waals surface area contributed by atoms with Gasteiger partial charge in [0.25, 0.3) is 5.91 Å². The second-order valence-corrected chi connectivity index (χ2v) is 6.48. The van der Waals surface area contributed by atoms with Crippen LogP contribution in [-0.4, -0.2) is 49.5 Å². The molecule has 7 heteroatoms. The molecule has 0 aliphatic carbocycles. The molecule has 24 heavy (non-hydrogen) atoms. The van der Waals surface area contributed by atoms with Crippen LogP contribution < -0.4 is 15.8 Å². The van der Waals surface area contributed by atoms with Crippen LogP contribution in [-0.2, 0) is 4.79 Å². The lowest BCUT2D eigenvalue weighted by Crippen LogP contribution is -2.45. The fourth-order valence-electron chi connectivity index (χ4n) is 3.40. The van der Waals surface area contributed by atoms with E-state index in [1.54, 1.807) is 24.3 Å². The summed E-state index contributed by atoms with van der Waals surface area (Å²) in [5.74, 6) is 0.109. The molecule has 6 nitrogen and oxygen atoms in total. The molecular formula is C17H24ClN3O3. The van der Waals surface area contributed by atoms with Crippen LogP contribution in [0, 0.1) is 5.41 Å². The van der Waals surface area contributed by atoms with Crippen molar-refractivity contribution in [2.24, 2.45) is 11.1 Å². The van der Waals surface area contributed by atoms with Gasteiger partial charge >= 0.3 is 0 Å². The molecule has 2 fully saturated rings. The van der Waals surface area contributed by atoms with E-state index in [1.165, 1.54) is 6.42 Å². The van der Waals surface area contributed by atoms with Crippen LogP contribution in [0.4, 0.5) is 0 Å². The first-order valence-corrected chi connectivity index (χ1v) is 8.09. The first-order chi connectivity index (χ1) is 11.1. The molecule has 132 valence electrons. The van der Waals surface area contributed by atoms with Crippen LogP contribution in [0.1, 0.15) is 29.6 Å². The molecule has 2 aliphatic rings. The average Bonchev–Trinajstić information content (AvgIpc) is 3.02. The number of rotatable bonds is 4. The molecule has 0 radical (unpaired) electrons. The Balaban J connectivity index is 0.00000208. The minimum Gasteiger partial charge on any atom is -0.484 e. The quantitative estimate of drug-likeness (QED) is 0.851. The summed E-state index contributed by atoms with van der Waals surface area (Å²) >= 11 is 0. The van der Waals surface area contributed by atoms with Crippen LogP contribution in [0.25, 0.3) is 0 Å². The van der Waals surface area contributed by atoms with Gasteiger partial charge in [0.2, 0.25) is 5.91 Å². The molecule has 0 unspecified atom stereocenters. The zero-order chi connectivity index (χ0) is 16.3. The first-order valence-electron chi connectivity index (χ1n) is 8.09. The third-order valence-electron chi connectivity index (χ3n) is 5.01. The molecule has 0 bridgehead atoms. The van der Waals surface area contributed by atoms with Gasteiger partial charge in [0, 0.05) is 25.2 Å². The van der Waals surface area contributed by atoms with E-state index >= 15 is 0 Å². The van der Waals surface area contributed by atoms with E-state index in [-0.39, 0.29) is 24.9 Å². The average molecular weight is 354 g/mol. The van der Waals surface area contributed by atoms with E-state index in [2.05, 4.69) is 5.32 Å². The second-order valence-electron chi connectivity index (χ2n) is 6.48. The predicted octanol–water partition coefficient (Wildman–Crippen LogP) is 1.19. The highest BCUT2D eigenvalue weighted by molar-refractivity contribution is 5.92. The third-order valence-corrected chi connectivity index (χ3v) is 5.01. The molecule has 2 heterocycles. The first kappa shape index (κ1) is 18.5. The minimum absolute atomic E-state index is 0. The van der Waals surface area contributed by atoms with Crippen LogP contribution in [0.2, 0.25) is 0 Å². The molecule has 1 aromatic carbocycles. The van der Waals surface area contributed by atoms with Crippen LogP contribution in [0.5, 0.6) is 5.75 Å². The number of amides is 2. The molecule has 0 atom stereocenters.